The van der Waals surface area contributed by atoms with Crippen molar-refractivity contribution in [2.75, 3.05) is 27.4 Å². The van der Waals surface area contributed by atoms with Gasteiger partial charge in [0, 0.05) is 30.5 Å². The zero-order valence-electron chi connectivity index (χ0n) is 17.5. The largest absolute Gasteiger partial charge is 0.464 e. The van der Waals surface area contributed by atoms with Gasteiger partial charge in [0.2, 0.25) is 0 Å². The van der Waals surface area contributed by atoms with Crippen molar-refractivity contribution in [3.63, 3.8) is 0 Å². The van der Waals surface area contributed by atoms with Crippen LogP contribution in [0.2, 0.25) is 0 Å². The van der Waals surface area contributed by atoms with Crippen molar-refractivity contribution >= 4 is 17.8 Å². The molecule has 0 saturated heterocycles. The minimum atomic E-state index is -0.735. The molecule has 1 atom stereocenters. The monoisotopic (exact) mass is 381 g/mol. The summed E-state index contributed by atoms with van der Waals surface area (Å²) in [4.78, 5) is 42.1. The van der Waals surface area contributed by atoms with Gasteiger partial charge in [-0.25, -0.2) is 9.59 Å². The number of rotatable bonds is 7. The highest BCUT2D eigenvalue weighted by Crippen LogP contribution is 2.22. The van der Waals surface area contributed by atoms with Gasteiger partial charge in [-0.3, -0.25) is 4.79 Å². The molecule has 0 fully saturated rings. The molecule has 0 unspecified atom stereocenters. The van der Waals surface area contributed by atoms with Gasteiger partial charge >= 0.3 is 12.0 Å². The smallest absolute Gasteiger partial charge is 0.354 e. The summed E-state index contributed by atoms with van der Waals surface area (Å²) in [5.41, 5.74) is 1.28. The molecule has 0 bridgehead atoms. The molecule has 8 heteroatoms. The molecule has 0 saturated carbocycles. The summed E-state index contributed by atoms with van der Waals surface area (Å²) in [6, 6.07) is -1.08. The number of hydrogen-bond donors (Lipinski definition) is 2. The zero-order valence-corrected chi connectivity index (χ0v) is 17.5. The van der Waals surface area contributed by atoms with Crippen LogP contribution in [-0.2, 0) is 9.47 Å². The lowest BCUT2D eigenvalue weighted by atomic mass is 10.00. The molecule has 1 rings (SSSR count). The number of aromatic amines is 1. The molecule has 0 spiro atoms. The van der Waals surface area contributed by atoms with E-state index in [4.69, 9.17) is 9.47 Å². The van der Waals surface area contributed by atoms with Crippen molar-refractivity contribution in [2.24, 2.45) is 0 Å². The summed E-state index contributed by atoms with van der Waals surface area (Å²) in [5.74, 6) is -0.791. The van der Waals surface area contributed by atoms with Gasteiger partial charge in [0.15, 0.2) is 5.78 Å². The zero-order chi connectivity index (χ0) is 20.9. The molecule has 0 aromatic carbocycles. The predicted octanol–water partition coefficient (Wildman–Crippen LogP) is 2.45. The maximum atomic E-state index is 13.2. The van der Waals surface area contributed by atoms with Crippen LogP contribution in [0.5, 0.6) is 0 Å². The first-order chi connectivity index (χ1) is 12.4. The summed E-state index contributed by atoms with van der Waals surface area (Å²) < 4.78 is 9.83. The SMILES string of the molecule is COCCN(C(=O)NC(C)(C)C)[C@H](C)C(=O)c1c(C)[nH]c(C(=O)OC)c1C. The van der Waals surface area contributed by atoms with Crippen LogP contribution in [0.25, 0.3) is 0 Å². The van der Waals surface area contributed by atoms with Crippen LogP contribution < -0.4 is 5.32 Å². The van der Waals surface area contributed by atoms with Gasteiger partial charge in [-0.15, -0.1) is 0 Å². The quantitative estimate of drug-likeness (QED) is 0.558. The molecule has 152 valence electrons. The highest BCUT2D eigenvalue weighted by Gasteiger charge is 2.32. The van der Waals surface area contributed by atoms with Gasteiger partial charge in [-0.05, 0) is 47.1 Å². The number of carbonyl (C=O) groups excluding carboxylic acids is 3. The Labute approximate surface area is 160 Å². The Morgan fingerprint density at radius 3 is 2.26 bits per heavy atom. The summed E-state index contributed by atoms with van der Waals surface area (Å²) in [7, 11) is 2.82. The summed E-state index contributed by atoms with van der Waals surface area (Å²) in [6.45, 7) is 11.2. The second-order valence-electron chi connectivity index (χ2n) is 7.52. The number of hydrogen-bond acceptors (Lipinski definition) is 5. The van der Waals surface area contributed by atoms with Gasteiger partial charge < -0.3 is 24.7 Å². The summed E-state index contributed by atoms with van der Waals surface area (Å²) in [6.07, 6.45) is 0. The fraction of sp³-hybridized carbons (Fsp3) is 0.632. The number of H-pyrrole nitrogens is 1. The Morgan fingerprint density at radius 2 is 1.78 bits per heavy atom. The van der Waals surface area contributed by atoms with E-state index < -0.39 is 17.6 Å². The number of Topliss-reactive ketones (excluding diaryl/α,β-unsaturated/α-hetero) is 1. The van der Waals surface area contributed by atoms with Crippen molar-refractivity contribution in [1.82, 2.24) is 15.2 Å². The first kappa shape index (κ1) is 22.7. The van der Waals surface area contributed by atoms with Crippen LogP contribution in [0.15, 0.2) is 0 Å². The number of ether oxygens (including phenoxy) is 2. The van der Waals surface area contributed by atoms with Gasteiger partial charge in [-0.1, -0.05) is 0 Å². The highest BCUT2D eigenvalue weighted by atomic mass is 16.5. The van der Waals surface area contributed by atoms with Crippen LogP contribution in [-0.4, -0.2) is 66.6 Å². The molecule has 2 N–H and O–H groups in total. The van der Waals surface area contributed by atoms with Crippen LogP contribution in [0.3, 0.4) is 0 Å². The second kappa shape index (κ2) is 9.03. The molecule has 1 heterocycles. The van der Waals surface area contributed by atoms with Crippen molar-refractivity contribution in [2.45, 2.75) is 53.1 Å². The van der Waals surface area contributed by atoms with Crippen molar-refractivity contribution in [3.8, 4) is 0 Å². The Morgan fingerprint density at radius 1 is 1.19 bits per heavy atom. The van der Waals surface area contributed by atoms with Gasteiger partial charge in [0.1, 0.15) is 5.69 Å². The fourth-order valence-electron chi connectivity index (χ4n) is 2.83. The Bertz CT molecular complexity index is 703. The van der Waals surface area contributed by atoms with E-state index >= 15 is 0 Å². The van der Waals surface area contributed by atoms with E-state index in [9.17, 15) is 14.4 Å². The van der Waals surface area contributed by atoms with E-state index in [0.717, 1.165) is 0 Å². The number of carbonyl (C=O) groups is 3. The fourth-order valence-corrected chi connectivity index (χ4v) is 2.83. The third-order valence-corrected chi connectivity index (χ3v) is 4.20. The van der Waals surface area contributed by atoms with Crippen LogP contribution in [0.1, 0.15) is 59.8 Å². The number of aryl methyl sites for hydroxylation is 1. The maximum absolute atomic E-state index is 13.2. The molecule has 0 aliphatic rings. The summed E-state index contributed by atoms with van der Waals surface area (Å²) >= 11 is 0. The molecule has 1 aromatic heterocycles. The lowest BCUT2D eigenvalue weighted by Gasteiger charge is -2.32. The Kier molecular flexibility index (Phi) is 7.59. The van der Waals surface area contributed by atoms with E-state index in [1.165, 1.54) is 19.1 Å². The predicted molar refractivity (Wildman–Crippen MR) is 102 cm³/mol. The summed E-state index contributed by atoms with van der Waals surface area (Å²) in [5, 5.41) is 2.87. The van der Waals surface area contributed by atoms with Crippen molar-refractivity contribution < 1.29 is 23.9 Å². The molecule has 2 amide bonds. The molecular weight excluding hydrogens is 350 g/mol. The van der Waals surface area contributed by atoms with Crippen LogP contribution in [0, 0.1) is 13.8 Å². The van der Waals surface area contributed by atoms with E-state index in [2.05, 4.69) is 10.3 Å². The minimum Gasteiger partial charge on any atom is -0.464 e. The molecule has 0 radical (unpaired) electrons. The van der Waals surface area contributed by atoms with E-state index in [-0.39, 0.29) is 24.1 Å². The second-order valence-corrected chi connectivity index (χ2v) is 7.52. The van der Waals surface area contributed by atoms with E-state index in [1.54, 1.807) is 20.8 Å². The number of ketones is 1. The first-order valence-corrected chi connectivity index (χ1v) is 8.84. The maximum Gasteiger partial charge on any atom is 0.354 e. The van der Waals surface area contributed by atoms with Crippen LogP contribution >= 0.6 is 0 Å². The molecule has 8 nitrogen and oxygen atoms in total. The number of nitrogens with zero attached hydrogens (tertiary/aromatic N) is 1. The van der Waals surface area contributed by atoms with Crippen molar-refractivity contribution in [3.05, 3.63) is 22.5 Å². The standard InChI is InChI=1S/C19H31N3O5/c1-11-14(12(2)20-15(11)17(24)27-8)16(23)13(3)22(9-10-26-7)18(25)21-19(4,5)6/h13,20H,9-10H2,1-8H3,(H,21,25)/t13-/m1/s1. The third-order valence-electron chi connectivity index (χ3n) is 4.20. The van der Waals surface area contributed by atoms with Crippen LogP contribution in [0.4, 0.5) is 4.79 Å². The number of amides is 2. The first-order valence-electron chi connectivity index (χ1n) is 8.84. The average molecular weight is 381 g/mol. The number of aromatic nitrogens is 1. The normalized spacial score (nSPS) is 12.4. The number of esters is 1. The Balaban J connectivity index is 3.20. The van der Waals surface area contributed by atoms with Gasteiger partial charge in [-0.2, -0.15) is 0 Å². The van der Waals surface area contributed by atoms with E-state index in [0.29, 0.717) is 23.4 Å². The van der Waals surface area contributed by atoms with Crippen molar-refractivity contribution in [1.29, 1.82) is 0 Å². The number of nitrogens with one attached hydrogen (secondary N) is 2. The van der Waals surface area contributed by atoms with Gasteiger partial charge in [0.05, 0.1) is 19.8 Å². The molecule has 1 aromatic rings. The average Bonchev–Trinajstić information content (AvgIpc) is 2.86. The lowest BCUT2D eigenvalue weighted by Crippen LogP contribution is -2.54. The van der Waals surface area contributed by atoms with Gasteiger partial charge in [0.25, 0.3) is 0 Å². The molecule has 0 aliphatic heterocycles. The highest BCUT2D eigenvalue weighted by molar-refractivity contribution is 6.06. The molecule has 0 aliphatic carbocycles. The topological polar surface area (TPSA) is 101 Å². The number of methoxy groups -OCH3 is 2. The Hall–Kier alpha value is -2.35. The molecular formula is C19H31N3O5. The number of urea groups is 1. The third kappa shape index (κ3) is 5.56. The van der Waals surface area contributed by atoms with E-state index in [1.807, 2.05) is 20.8 Å². The lowest BCUT2D eigenvalue weighted by molar-refractivity contribution is 0.0593. The molecule has 27 heavy (non-hydrogen) atoms. The minimum absolute atomic E-state index is 0.244.